The van der Waals surface area contributed by atoms with E-state index in [0.29, 0.717) is 18.7 Å². The van der Waals surface area contributed by atoms with Crippen LogP contribution in [0, 0.1) is 0 Å². The van der Waals surface area contributed by atoms with Gasteiger partial charge in [0.05, 0.1) is 20.2 Å². The highest BCUT2D eigenvalue weighted by Gasteiger charge is 2.33. The smallest absolute Gasteiger partial charge is 0.344 e. The van der Waals surface area contributed by atoms with Gasteiger partial charge >= 0.3 is 15.2 Å². The van der Waals surface area contributed by atoms with E-state index < -0.39 is 27.4 Å². The molecule has 2 aromatic carbocycles. The van der Waals surface area contributed by atoms with Crippen molar-refractivity contribution < 1.29 is 36.7 Å². The number of nitrogens with zero attached hydrogens (tertiary/aromatic N) is 3. The minimum atomic E-state index is -3.40. The van der Waals surface area contributed by atoms with Crippen LogP contribution in [0.15, 0.2) is 53.6 Å². The zero-order valence-electron chi connectivity index (χ0n) is 26.3. The Morgan fingerprint density at radius 3 is 1.86 bits per heavy atom. The molecule has 0 radical (unpaired) electrons. The highest BCUT2D eigenvalue weighted by atomic mass is 32.4. The fourth-order valence-electron chi connectivity index (χ4n) is 4.24. The first kappa shape index (κ1) is 37.6. The summed E-state index contributed by atoms with van der Waals surface area (Å²) in [5.41, 5.74) is 1.96. The van der Waals surface area contributed by atoms with Crippen LogP contribution in [0.5, 0.6) is 11.5 Å². The SMILES string of the molecule is CCCC(C)(Oc1ccc(CCN(CP(=O)(OC)OC)CP(=O)(OC)OC)cc1)[PH](=S)N(C)N=Cc1ccc(OC)cc1. The zero-order valence-corrected chi connectivity index (χ0v) is 30.0. The quantitative estimate of drug-likeness (QED) is 0.0832. The normalized spacial score (nSPS) is 14.5. The van der Waals surface area contributed by atoms with Gasteiger partial charge in [-0.05, 0) is 67.3 Å². The Balaban J connectivity index is 2.12. The predicted molar refractivity (Wildman–Crippen MR) is 178 cm³/mol. The number of rotatable bonds is 20. The van der Waals surface area contributed by atoms with E-state index in [-0.39, 0.29) is 12.6 Å². The van der Waals surface area contributed by atoms with Gasteiger partial charge in [-0.2, -0.15) is 5.10 Å². The van der Waals surface area contributed by atoms with E-state index in [4.69, 9.17) is 39.4 Å². The number of hydrazone groups is 1. The van der Waals surface area contributed by atoms with Gasteiger partial charge < -0.3 is 27.6 Å². The van der Waals surface area contributed by atoms with E-state index in [0.717, 1.165) is 29.7 Å². The third-order valence-corrected chi connectivity index (χ3v) is 14.6. The number of methoxy groups -OCH3 is 1. The lowest BCUT2D eigenvalue weighted by molar-refractivity contribution is 0.164. The van der Waals surface area contributed by atoms with E-state index in [9.17, 15) is 9.13 Å². The van der Waals surface area contributed by atoms with Crippen molar-refractivity contribution in [2.75, 3.05) is 61.7 Å². The fraction of sp³-hybridized carbons (Fsp3) is 0.536. The van der Waals surface area contributed by atoms with Crippen molar-refractivity contribution >= 4 is 40.1 Å². The van der Waals surface area contributed by atoms with E-state index >= 15 is 0 Å². The lowest BCUT2D eigenvalue weighted by atomic mass is 10.1. The lowest BCUT2D eigenvalue weighted by Crippen LogP contribution is -2.31. The third kappa shape index (κ3) is 11.7. The van der Waals surface area contributed by atoms with E-state index in [1.807, 2.05) is 60.4 Å². The first-order valence-electron chi connectivity index (χ1n) is 13.8. The van der Waals surface area contributed by atoms with Crippen LogP contribution in [0.1, 0.15) is 37.8 Å². The van der Waals surface area contributed by atoms with Gasteiger partial charge in [-0.3, -0.25) is 18.8 Å². The van der Waals surface area contributed by atoms with Crippen molar-refractivity contribution in [1.29, 1.82) is 0 Å². The summed E-state index contributed by atoms with van der Waals surface area (Å²) < 4.78 is 59.6. The van der Waals surface area contributed by atoms with Crippen molar-refractivity contribution in [3.8, 4) is 11.5 Å². The maximum absolute atomic E-state index is 12.8. The number of ether oxygens (including phenoxy) is 2. The molecule has 0 aliphatic heterocycles. The molecular formula is C28H46N3O8P3S. The highest BCUT2D eigenvalue weighted by molar-refractivity contribution is 8.04. The topological polar surface area (TPSA) is 108 Å². The summed E-state index contributed by atoms with van der Waals surface area (Å²) in [5.74, 6) is 1.50. The Morgan fingerprint density at radius 2 is 1.40 bits per heavy atom. The average Bonchev–Trinajstić information content (AvgIpc) is 3.02. The Bertz CT molecular complexity index is 1240. The van der Waals surface area contributed by atoms with Crippen LogP contribution in [-0.2, 0) is 45.5 Å². The van der Waals surface area contributed by atoms with Crippen LogP contribution in [0.3, 0.4) is 0 Å². The second kappa shape index (κ2) is 17.8. The second-order valence-corrected chi connectivity index (χ2v) is 17.9. The van der Waals surface area contributed by atoms with Crippen molar-refractivity contribution in [3.63, 3.8) is 0 Å². The second-order valence-electron chi connectivity index (χ2n) is 9.95. The minimum absolute atomic E-state index is 0.0641. The summed E-state index contributed by atoms with van der Waals surface area (Å²) >= 11 is 6.01. The Hall–Kier alpha value is -1.58. The molecule has 0 N–H and O–H groups in total. The Kier molecular flexibility index (Phi) is 15.6. The summed E-state index contributed by atoms with van der Waals surface area (Å²) in [4.78, 5) is 1.71. The number of benzene rings is 2. The molecule has 0 aliphatic rings. The molecule has 242 valence electrons. The van der Waals surface area contributed by atoms with E-state index in [2.05, 4.69) is 18.9 Å². The molecule has 11 nitrogen and oxygen atoms in total. The average molecular weight is 678 g/mol. The van der Waals surface area contributed by atoms with Crippen molar-refractivity contribution in [2.24, 2.45) is 5.10 Å². The first-order chi connectivity index (χ1) is 20.4. The van der Waals surface area contributed by atoms with Crippen LogP contribution in [-0.4, -0.2) is 82.9 Å². The molecule has 0 fully saturated rings. The van der Waals surface area contributed by atoms with Crippen LogP contribution in [0.2, 0.25) is 0 Å². The van der Waals surface area contributed by atoms with E-state index in [1.165, 1.54) is 28.4 Å². The Labute approximate surface area is 262 Å². The lowest BCUT2D eigenvalue weighted by Gasteiger charge is -2.35. The molecule has 0 aliphatic carbocycles. The molecule has 0 heterocycles. The monoisotopic (exact) mass is 677 g/mol. The molecule has 0 spiro atoms. The maximum atomic E-state index is 12.8. The van der Waals surface area contributed by atoms with Gasteiger partial charge in [0.2, 0.25) is 0 Å². The van der Waals surface area contributed by atoms with Gasteiger partial charge in [0, 0.05) is 42.0 Å². The molecule has 2 rings (SSSR count). The van der Waals surface area contributed by atoms with Gasteiger partial charge in [0.15, 0.2) is 0 Å². The summed E-state index contributed by atoms with van der Waals surface area (Å²) in [6.07, 6.45) is 3.92. The summed E-state index contributed by atoms with van der Waals surface area (Å²) in [5, 5.41) is 4.04. The van der Waals surface area contributed by atoms with Crippen LogP contribution >= 0.6 is 22.0 Å². The third-order valence-electron chi connectivity index (χ3n) is 6.81. The van der Waals surface area contributed by atoms with Gasteiger partial charge in [-0.1, -0.05) is 37.3 Å². The summed E-state index contributed by atoms with van der Waals surface area (Å²) in [7, 11) is 2.01. The molecule has 2 aromatic rings. The van der Waals surface area contributed by atoms with Crippen LogP contribution in [0.25, 0.3) is 0 Å². The molecule has 2 atom stereocenters. The highest BCUT2D eigenvalue weighted by Crippen LogP contribution is 2.51. The van der Waals surface area contributed by atoms with Crippen molar-refractivity contribution in [3.05, 3.63) is 59.7 Å². The largest absolute Gasteiger partial charge is 0.497 e. The number of hydrogen-bond donors (Lipinski definition) is 0. The molecule has 2 unspecified atom stereocenters. The molecule has 0 saturated heterocycles. The van der Waals surface area contributed by atoms with Gasteiger partial charge in [-0.15, -0.1) is 0 Å². The van der Waals surface area contributed by atoms with Gasteiger partial charge in [0.25, 0.3) is 0 Å². The molecule has 43 heavy (non-hydrogen) atoms. The van der Waals surface area contributed by atoms with E-state index in [1.54, 1.807) is 18.2 Å². The molecule has 15 heteroatoms. The Morgan fingerprint density at radius 1 is 0.884 bits per heavy atom. The van der Waals surface area contributed by atoms with Crippen molar-refractivity contribution in [2.45, 2.75) is 38.5 Å². The molecule has 0 bridgehead atoms. The van der Waals surface area contributed by atoms with Gasteiger partial charge in [0.1, 0.15) is 29.4 Å². The molecular weight excluding hydrogens is 631 g/mol. The van der Waals surface area contributed by atoms with Gasteiger partial charge in [-0.25, -0.2) is 0 Å². The summed E-state index contributed by atoms with van der Waals surface area (Å²) in [6.45, 7) is 2.92. The first-order valence-corrected chi connectivity index (χ1v) is 19.8. The molecule has 0 aromatic heterocycles. The maximum Gasteiger partial charge on any atom is 0.344 e. The van der Waals surface area contributed by atoms with Crippen molar-refractivity contribution in [1.82, 2.24) is 9.68 Å². The minimum Gasteiger partial charge on any atom is -0.497 e. The fourth-order valence-corrected chi connectivity index (χ4v) is 8.71. The predicted octanol–water partition coefficient (Wildman–Crippen LogP) is 6.88. The standard InChI is InChI=1S/C28H46N3O8P3S/c1-9-19-28(2,40(43)30(3)29-21-25-12-14-26(34-4)15-13-25)39-27-16-10-24(11-17-27)18-20-31(22-41(32,35-5)36-6)23-42(33,37-7)38-8/h10-17,21,40H,9,18-20,22-23H2,1-8H3. The number of hydrogen-bond acceptors (Lipinski definition) is 11. The zero-order chi connectivity index (χ0) is 32.1. The van der Waals surface area contributed by atoms with Crippen LogP contribution < -0.4 is 9.47 Å². The summed E-state index contributed by atoms with van der Waals surface area (Å²) in [6, 6.07) is 15.4. The molecule has 0 saturated carbocycles. The molecule has 0 amide bonds. The van der Waals surface area contributed by atoms with Crippen LogP contribution in [0.4, 0.5) is 0 Å².